The molecule has 0 unspecified atom stereocenters. The number of urea groups is 1. The number of benzene rings is 1. The summed E-state index contributed by atoms with van der Waals surface area (Å²) in [5, 5.41) is 13.9. The maximum absolute atomic E-state index is 11.5. The minimum absolute atomic E-state index is 0.0665. The van der Waals surface area contributed by atoms with Crippen LogP contribution in [-0.4, -0.2) is 29.9 Å². The topological polar surface area (TPSA) is 78.4 Å². The van der Waals surface area contributed by atoms with Crippen LogP contribution in [0.15, 0.2) is 24.3 Å². The molecule has 0 aliphatic carbocycles. The zero-order valence-corrected chi connectivity index (χ0v) is 12.3. The quantitative estimate of drug-likeness (QED) is 0.643. The highest BCUT2D eigenvalue weighted by Crippen LogP contribution is 2.11. The Hall–Kier alpha value is -1.69. The van der Waals surface area contributed by atoms with Crippen molar-refractivity contribution < 1.29 is 14.7 Å². The summed E-state index contributed by atoms with van der Waals surface area (Å²) in [5.74, 6) is 0.104. The lowest BCUT2D eigenvalue weighted by Crippen LogP contribution is -2.35. The molecule has 0 aliphatic rings. The van der Waals surface area contributed by atoms with Gasteiger partial charge in [0.05, 0.1) is 0 Å². The maximum Gasteiger partial charge on any atom is 0.315 e. The predicted molar refractivity (Wildman–Crippen MR) is 80.8 cm³/mol. The SMILES string of the molecule is CSCc1cccc(CNC(=O)NCCCC(=O)O)c1. The van der Waals surface area contributed by atoms with Crippen LogP contribution >= 0.6 is 11.8 Å². The molecule has 0 heterocycles. The summed E-state index contributed by atoms with van der Waals surface area (Å²) in [7, 11) is 0. The lowest BCUT2D eigenvalue weighted by Gasteiger charge is -2.08. The number of hydrogen-bond donors (Lipinski definition) is 3. The number of hydrogen-bond acceptors (Lipinski definition) is 3. The standard InChI is InChI=1S/C14H20N2O3S/c1-20-10-12-5-2-4-11(8-12)9-16-14(19)15-7-3-6-13(17)18/h2,4-5,8H,3,6-7,9-10H2,1H3,(H,17,18)(H2,15,16,19). The summed E-state index contributed by atoms with van der Waals surface area (Å²) in [4.78, 5) is 21.8. The van der Waals surface area contributed by atoms with Gasteiger partial charge in [0.15, 0.2) is 0 Å². The molecule has 1 aromatic carbocycles. The third kappa shape index (κ3) is 7.04. The summed E-state index contributed by atoms with van der Waals surface area (Å²) in [6.07, 6.45) is 2.55. The van der Waals surface area contributed by atoms with Gasteiger partial charge in [-0.25, -0.2) is 4.79 Å². The zero-order chi connectivity index (χ0) is 14.8. The molecule has 0 aromatic heterocycles. The molecule has 110 valence electrons. The lowest BCUT2D eigenvalue weighted by molar-refractivity contribution is -0.137. The van der Waals surface area contributed by atoms with E-state index in [-0.39, 0.29) is 12.5 Å². The van der Waals surface area contributed by atoms with Gasteiger partial charge in [0, 0.05) is 25.3 Å². The minimum atomic E-state index is -0.849. The van der Waals surface area contributed by atoms with Crippen molar-refractivity contribution in [2.24, 2.45) is 0 Å². The van der Waals surface area contributed by atoms with E-state index in [1.54, 1.807) is 11.8 Å². The van der Waals surface area contributed by atoms with Crippen LogP contribution in [0.4, 0.5) is 4.79 Å². The van der Waals surface area contributed by atoms with Crippen molar-refractivity contribution in [1.82, 2.24) is 10.6 Å². The van der Waals surface area contributed by atoms with Crippen molar-refractivity contribution in [1.29, 1.82) is 0 Å². The van der Waals surface area contributed by atoms with Crippen molar-refractivity contribution in [3.8, 4) is 0 Å². The van der Waals surface area contributed by atoms with Crippen molar-refractivity contribution in [3.05, 3.63) is 35.4 Å². The maximum atomic E-state index is 11.5. The number of aliphatic carboxylic acids is 1. The number of carboxylic acid groups (broad SMARTS) is 1. The van der Waals surface area contributed by atoms with E-state index in [1.165, 1.54) is 5.56 Å². The first-order chi connectivity index (χ1) is 9.61. The van der Waals surface area contributed by atoms with Crippen molar-refractivity contribution in [3.63, 3.8) is 0 Å². The van der Waals surface area contributed by atoms with Gasteiger partial charge >= 0.3 is 12.0 Å². The Labute approximate surface area is 123 Å². The molecule has 0 atom stereocenters. The van der Waals surface area contributed by atoms with Crippen LogP contribution in [0.5, 0.6) is 0 Å². The van der Waals surface area contributed by atoms with Gasteiger partial charge in [0.25, 0.3) is 0 Å². The summed E-state index contributed by atoms with van der Waals surface area (Å²) < 4.78 is 0. The molecule has 1 rings (SSSR count). The van der Waals surface area contributed by atoms with Gasteiger partial charge in [0.2, 0.25) is 0 Å². The number of rotatable bonds is 8. The van der Waals surface area contributed by atoms with E-state index >= 15 is 0 Å². The molecule has 0 aliphatic heterocycles. The summed E-state index contributed by atoms with van der Waals surface area (Å²) >= 11 is 1.76. The van der Waals surface area contributed by atoms with E-state index in [0.29, 0.717) is 19.5 Å². The summed E-state index contributed by atoms with van der Waals surface area (Å²) in [6, 6.07) is 7.81. The number of nitrogens with one attached hydrogen (secondary N) is 2. The van der Waals surface area contributed by atoms with E-state index in [0.717, 1.165) is 11.3 Å². The second kappa shape index (κ2) is 9.25. The molecule has 3 N–H and O–H groups in total. The Kier molecular flexibility index (Phi) is 7.57. The second-order valence-corrected chi connectivity index (χ2v) is 5.23. The van der Waals surface area contributed by atoms with Gasteiger partial charge in [-0.1, -0.05) is 24.3 Å². The fourth-order valence-corrected chi connectivity index (χ4v) is 2.20. The molecule has 0 fully saturated rings. The number of carbonyl (C=O) groups excluding carboxylic acids is 1. The van der Waals surface area contributed by atoms with Gasteiger partial charge in [-0.3, -0.25) is 4.79 Å². The molecule has 0 radical (unpaired) electrons. The van der Waals surface area contributed by atoms with Gasteiger partial charge in [0.1, 0.15) is 0 Å². The molecule has 0 spiro atoms. The molecule has 5 nitrogen and oxygen atoms in total. The van der Waals surface area contributed by atoms with E-state index in [9.17, 15) is 9.59 Å². The first kappa shape index (κ1) is 16.4. The highest BCUT2D eigenvalue weighted by molar-refractivity contribution is 7.97. The van der Waals surface area contributed by atoms with E-state index in [1.807, 2.05) is 12.1 Å². The van der Waals surface area contributed by atoms with Gasteiger partial charge in [-0.05, 0) is 23.8 Å². The Balaban J connectivity index is 2.26. The molecule has 1 aromatic rings. The highest BCUT2D eigenvalue weighted by Gasteiger charge is 2.02. The fourth-order valence-electron chi connectivity index (χ4n) is 1.68. The average Bonchev–Trinajstić information content (AvgIpc) is 2.42. The molecular weight excluding hydrogens is 276 g/mol. The molecule has 20 heavy (non-hydrogen) atoms. The van der Waals surface area contributed by atoms with Gasteiger partial charge in [-0.15, -0.1) is 0 Å². The first-order valence-electron chi connectivity index (χ1n) is 6.42. The Bertz CT molecular complexity index is 452. The molecule has 0 bridgehead atoms. The number of thioether (sulfide) groups is 1. The van der Waals surface area contributed by atoms with Gasteiger partial charge < -0.3 is 15.7 Å². The van der Waals surface area contributed by atoms with Crippen molar-refractivity contribution in [2.45, 2.75) is 25.1 Å². The van der Waals surface area contributed by atoms with Crippen LogP contribution in [0.1, 0.15) is 24.0 Å². The third-order valence-electron chi connectivity index (χ3n) is 2.61. The van der Waals surface area contributed by atoms with E-state index < -0.39 is 5.97 Å². The zero-order valence-electron chi connectivity index (χ0n) is 11.5. The number of carboxylic acids is 1. The largest absolute Gasteiger partial charge is 0.481 e. The molecule has 2 amide bonds. The van der Waals surface area contributed by atoms with Crippen LogP contribution in [0.3, 0.4) is 0 Å². The lowest BCUT2D eigenvalue weighted by atomic mass is 10.1. The van der Waals surface area contributed by atoms with Crippen LogP contribution in [0.25, 0.3) is 0 Å². The average molecular weight is 296 g/mol. The first-order valence-corrected chi connectivity index (χ1v) is 7.81. The summed E-state index contributed by atoms with van der Waals surface area (Å²) in [6.45, 7) is 0.831. The Morgan fingerprint density at radius 1 is 1.25 bits per heavy atom. The monoisotopic (exact) mass is 296 g/mol. The smallest absolute Gasteiger partial charge is 0.315 e. The van der Waals surface area contributed by atoms with Crippen LogP contribution in [0, 0.1) is 0 Å². The van der Waals surface area contributed by atoms with E-state index in [2.05, 4.69) is 29.0 Å². The molecule has 0 saturated heterocycles. The highest BCUT2D eigenvalue weighted by atomic mass is 32.2. The van der Waals surface area contributed by atoms with Gasteiger partial charge in [-0.2, -0.15) is 11.8 Å². The molecule has 6 heteroatoms. The number of carbonyl (C=O) groups is 2. The van der Waals surface area contributed by atoms with Crippen molar-refractivity contribution >= 4 is 23.8 Å². The second-order valence-electron chi connectivity index (χ2n) is 4.36. The third-order valence-corrected chi connectivity index (χ3v) is 3.23. The number of amides is 2. The fraction of sp³-hybridized carbons (Fsp3) is 0.429. The molecular formula is C14H20N2O3S. The summed E-state index contributed by atoms with van der Waals surface area (Å²) in [5.41, 5.74) is 2.29. The Morgan fingerprint density at radius 3 is 2.70 bits per heavy atom. The Morgan fingerprint density at radius 2 is 2.00 bits per heavy atom. The van der Waals surface area contributed by atoms with Crippen LogP contribution < -0.4 is 10.6 Å². The van der Waals surface area contributed by atoms with Crippen LogP contribution in [-0.2, 0) is 17.1 Å². The normalized spacial score (nSPS) is 10.1. The van der Waals surface area contributed by atoms with Crippen LogP contribution in [0.2, 0.25) is 0 Å². The van der Waals surface area contributed by atoms with Crippen molar-refractivity contribution in [2.75, 3.05) is 12.8 Å². The minimum Gasteiger partial charge on any atom is -0.481 e. The molecule has 0 saturated carbocycles. The predicted octanol–water partition coefficient (Wildman–Crippen LogP) is 2.21. The van der Waals surface area contributed by atoms with E-state index in [4.69, 9.17) is 5.11 Å².